The maximum Gasteiger partial charge on any atom is 0.230 e. The molecule has 1 amide bonds. The highest BCUT2D eigenvalue weighted by atomic mass is 32.1. The van der Waals surface area contributed by atoms with Gasteiger partial charge in [0.05, 0.1) is 17.6 Å². The fourth-order valence-electron chi connectivity index (χ4n) is 1.32. The summed E-state index contributed by atoms with van der Waals surface area (Å²) in [5.41, 5.74) is 2.34. The number of thiazole rings is 1. The second kappa shape index (κ2) is 5.01. The second-order valence-corrected chi connectivity index (χ2v) is 4.08. The van der Waals surface area contributed by atoms with Crippen LogP contribution in [0.15, 0.2) is 29.1 Å². The van der Waals surface area contributed by atoms with Gasteiger partial charge in [0.15, 0.2) is 0 Å². The molecule has 0 unspecified atom stereocenters. The zero-order valence-corrected chi connectivity index (χ0v) is 9.43. The SMILES string of the molecule is O=C(Cc1cscn1)Nc1cc(F)cc(F)c1. The number of aromatic nitrogens is 1. The molecule has 0 bridgehead atoms. The number of anilines is 1. The van der Waals surface area contributed by atoms with Crippen LogP contribution in [0.3, 0.4) is 0 Å². The molecule has 0 aliphatic rings. The average Bonchev–Trinajstić information content (AvgIpc) is 2.67. The first-order valence-corrected chi connectivity index (χ1v) is 5.71. The summed E-state index contributed by atoms with van der Waals surface area (Å²) < 4.78 is 25.7. The van der Waals surface area contributed by atoms with E-state index in [0.29, 0.717) is 5.69 Å². The Kier molecular flexibility index (Phi) is 3.43. The van der Waals surface area contributed by atoms with E-state index in [0.717, 1.165) is 18.2 Å². The minimum atomic E-state index is -0.728. The Morgan fingerprint density at radius 3 is 2.59 bits per heavy atom. The monoisotopic (exact) mass is 254 g/mol. The van der Waals surface area contributed by atoms with Crippen LogP contribution in [0.2, 0.25) is 0 Å². The van der Waals surface area contributed by atoms with Crippen LogP contribution < -0.4 is 5.32 Å². The maximum absolute atomic E-state index is 12.9. The standard InChI is InChI=1S/C11H8F2N2OS/c12-7-1-8(13)3-9(2-7)15-11(16)4-10-5-17-6-14-10/h1-3,5-6H,4H2,(H,15,16). The van der Waals surface area contributed by atoms with Crippen LogP contribution in [0, 0.1) is 11.6 Å². The Hall–Kier alpha value is -1.82. The van der Waals surface area contributed by atoms with Gasteiger partial charge in [0.1, 0.15) is 11.6 Å². The van der Waals surface area contributed by atoms with Crippen LogP contribution >= 0.6 is 11.3 Å². The van der Waals surface area contributed by atoms with Gasteiger partial charge in [-0.25, -0.2) is 13.8 Å². The largest absolute Gasteiger partial charge is 0.326 e. The summed E-state index contributed by atoms with van der Waals surface area (Å²) in [5, 5.41) is 4.15. The number of nitrogens with zero attached hydrogens (tertiary/aromatic N) is 1. The van der Waals surface area contributed by atoms with Gasteiger partial charge in [0.2, 0.25) is 5.91 Å². The smallest absolute Gasteiger partial charge is 0.230 e. The number of halogens is 2. The average molecular weight is 254 g/mol. The molecule has 0 aliphatic heterocycles. The number of rotatable bonds is 3. The molecular weight excluding hydrogens is 246 g/mol. The third-order valence-corrected chi connectivity index (χ3v) is 2.61. The van der Waals surface area contributed by atoms with Crippen molar-refractivity contribution in [1.29, 1.82) is 0 Å². The normalized spacial score (nSPS) is 10.2. The minimum absolute atomic E-state index is 0.0850. The van der Waals surface area contributed by atoms with Crippen molar-refractivity contribution in [3.63, 3.8) is 0 Å². The number of amides is 1. The molecule has 88 valence electrons. The highest BCUT2D eigenvalue weighted by Gasteiger charge is 2.07. The molecule has 17 heavy (non-hydrogen) atoms. The zero-order valence-electron chi connectivity index (χ0n) is 8.61. The van der Waals surface area contributed by atoms with Gasteiger partial charge in [-0.05, 0) is 12.1 Å². The number of nitrogens with one attached hydrogen (secondary N) is 1. The topological polar surface area (TPSA) is 42.0 Å². The van der Waals surface area contributed by atoms with Crippen molar-refractivity contribution in [2.45, 2.75) is 6.42 Å². The number of carbonyl (C=O) groups excluding carboxylic acids is 1. The molecule has 1 aromatic carbocycles. The van der Waals surface area contributed by atoms with Crippen molar-refractivity contribution < 1.29 is 13.6 Å². The molecule has 0 saturated carbocycles. The van der Waals surface area contributed by atoms with Crippen molar-refractivity contribution in [3.05, 3.63) is 46.4 Å². The molecule has 1 N–H and O–H groups in total. The molecule has 1 heterocycles. The van der Waals surface area contributed by atoms with E-state index in [1.807, 2.05) is 0 Å². The Morgan fingerprint density at radius 1 is 1.29 bits per heavy atom. The van der Waals surface area contributed by atoms with Crippen LogP contribution in [0.25, 0.3) is 0 Å². The van der Waals surface area contributed by atoms with Crippen LogP contribution in [-0.2, 0) is 11.2 Å². The molecule has 0 fully saturated rings. The van der Waals surface area contributed by atoms with Crippen molar-refractivity contribution in [1.82, 2.24) is 4.98 Å². The molecule has 0 saturated heterocycles. The van der Waals surface area contributed by atoms with Gasteiger partial charge in [0, 0.05) is 17.1 Å². The number of benzene rings is 1. The third kappa shape index (κ3) is 3.32. The molecule has 0 spiro atoms. The fraction of sp³-hybridized carbons (Fsp3) is 0.0909. The molecule has 6 heteroatoms. The lowest BCUT2D eigenvalue weighted by molar-refractivity contribution is -0.115. The summed E-state index contributed by atoms with van der Waals surface area (Å²) in [5.74, 6) is -1.82. The van der Waals surface area contributed by atoms with E-state index in [1.165, 1.54) is 11.3 Å². The summed E-state index contributed by atoms with van der Waals surface area (Å²) in [7, 11) is 0. The van der Waals surface area contributed by atoms with Crippen molar-refractivity contribution in [3.8, 4) is 0 Å². The number of hydrogen-bond donors (Lipinski definition) is 1. The lowest BCUT2D eigenvalue weighted by atomic mass is 10.2. The molecule has 0 radical (unpaired) electrons. The molecular formula is C11H8F2N2OS. The van der Waals surface area contributed by atoms with E-state index < -0.39 is 11.6 Å². The summed E-state index contributed by atoms with van der Waals surface area (Å²) in [4.78, 5) is 15.5. The number of carbonyl (C=O) groups is 1. The molecule has 0 atom stereocenters. The fourth-order valence-corrected chi connectivity index (χ4v) is 1.88. The van der Waals surface area contributed by atoms with E-state index >= 15 is 0 Å². The van der Waals surface area contributed by atoms with Gasteiger partial charge in [0.25, 0.3) is 0 Å². The highest BCUT2D eigenvalue weighted by molar-refractivity contribution is 7.07. The van der Waals surface area contributed by atoms with E-state index in [-0.39, 0.29) is 18.0 Å². The Bertz CT molecular complexity index is 508. The Morgan fingerprint density at radius 2 is 2.00 bits per heavy atom. The lowest BCUT2D eigenvalue weighted by Crippen LogP contribution is -2.14. The molecule has 2 aromatic rings. The first-order chi connectivity index (χ1) is 8.13. The van der Waals surface area contributed by atoms with E-state index in [9.17, 15) is 13.6 Å². The molecule has 2 rings (SSSR count). The van der Waals surface area contributed by atoms with Crippen LogP contribution in [0.4, 0.5) is 14.5 Å². The maximum atomic E-state index is 12.9. The van der Waals surface area contributed by atoms with Crippen molar-refractivity contribution >= 4 is 22.9 Å². The van der Waals surface area contributed by atoms with Gasteiger partial charge >= 0.3 is 0 Å². The summed E-state index contributed by atoms with van der Waals surface area (Å²) in [6.07, 6.45) is 0.0850. The van der Waals surface area contributed by atoms with Gasteiger partial charge in [-0.2, -0.15) is 0 Å². The summed E-state index contributed by atoms with van der Waals surface area (Å²) in [6, 6.07) is 2.86. The van der Waals surface area contributed by atoms with Gasteiger partial charge < -0.3 is 5.32 Å². The van der Waals surface area contributed by atoms with Crippen molar-refractivity contribution in [2.75, 3.05) is 5.32 Å². The molecule has 0 aliphatic carbocycles. The van der Waals surface area contributed by atoms with E-state index in [4.69, 9.17) is 0 Å². The number of hydrogen-bond acceptors (Lipinski definition) is 3. The summed E-state index contributed by atoms with van der Waals surface area (Å²) in [6.45, 7) is 0. The van der Waals surface area contributed by atoms with Crippen LogP contribution in [-0.4, -0.2) is 10.9 Å². The first kappa shape index (κ1) is 11.7. The minimum Gasteiger partial charge on any atom is -0.326 e. The highest BCUT2D eigenvalue weighted by Crippen LogP contribution is 2.13. The van der Waals surface area contributed by atoms with Crippen LogP contribution in [0.1, 0.15) is 5.69 Å². The van der Waals surface area contributed by atoms with Gasteiger partial charge in [-0.15, -0.1) is 11.3 Å². The Balaban J connectivity index is 2.03. The quantitative estimate of drug-likeness (QED) is 0.914. The Labute approximate surface area is 100 Å². The van der Waals surface area contributed by atoms with E-state index in [1.54, 1.807) is 10.9 Å². The first-order valence-electron chi connectivity index (χ1n) is 4.76. The van der Waals surface area contributed by atoms with Gasteiger partial charge in [-0.1, -0.05) is 0 Å². The molecule has 1 aromatic heterocycles. The van der Waals surface area contributed by atoms with E-state index in [2.05, 4.69) is 10.3 Å². The molecule has 3 nitrogen and oxygen atoms in total. The predicted octanol–water partition coefficient (Wildman–Crippen LogP) is 2.60. The zero-order chi connectivity index (χ0) is 12.3. The predicted molar refractivity (Wildman–Crippen MR) is 60.8 cm³/mol. The van der Waals surface area contributed by atoms with Crippen LogP contribution in [0.5, 0.6) is 0 Å². The summed E-state index contributed by atoms with van der Waals surface area (Å²) >= 11 is 1.38. The van der Waals surface area contributed by atoms with Gasteiger partial charge in [-0.3, -0.25) is 4.79 Å². The van der Waals surface area contributed by atoms with Crippen molar-refractivity contribution in [2.24, 2.45) is 0 Å². The second-order valence-electron chi connectivity index (χ2n) is 3.36. The lowest BCUT2D eigenvalue weighted by Gasteiger charge is -2.04. The third-order valence-electron chi connectivity index (χ3n) is 1.97.